The van der Waals surface area contributed by atoms with Crippen molar-refractivity contribution < 1.29 is 19.3 Å². The molecule has 21 heavy (non-hydrogen) atoms. The van der Waals surface area contributed by atoms with Crippen LogP contribution in [0.1, 0.15) is 23.3 Å². The molecule has 0 aliphatic rings. The average molecular weight is 329 g/mol. The van der Waals surface area contributed by atoms with Crippen LogP contribution in [0.25, 0.3) is 0 Å². The molecule has 1 aromatic carbocycles. The molecular weight excluding hydrogens is 317 g/mol. The predicted octanol–water partition coefficient (Wildman–Crippen LogP) is 2.01. The molecule has 1 heterocycles. The molecule has 0 aliphatic carbocycles. The van der Waals surface area contributed by atoms with Gasteiger partial charge in [0.05, 0.1) is 5.02 Å². The van der Waals surface area contributed by atoms with E-state index in [-0.39, 0.29) is 17.4 Å². The number of carboxylic acid groups (broad SMARTS) is 1. The van der Waals surface area contributed by atoms with E-state index >= 15 is 0 Å². The molecule has 0 amide bonds. The summed E-state index contributed by atoms with van der Waals surface area (Å²) in [4.78, 5) is 23.0. The van der Waals surface area contributed by atoms with Gasteiger partial charge < -0.3 is 5.11 Å². The Morgan fingerprint density at radius 2 is 2.14 bits per heavy atom. The molecule has 0 unspecified atom stereocenters. The SMILES string of the molecule is C[C@@H](C(=O)O)[n+]1cnn(CC(=O)c2ccc(Cl)cc2Cl)c1. The van der Waals surface area contributed by atoms with Gasteiger partial charge in [-0.15, -0.1) is 4.68 Å². The quantitative estimate of drug-likeness (QED) is 0.672. The summed E-state index contributed by atoms with van der Waals surface area (Å²) in [5.41, 5.74) is 0.342. The van der Waals surface area contributed by atoms with Crippen molar-refractivity contribution in [3.63, 3.8) is 0 Å². The van der Waals surface area contributed by atoms with Crippen molar-refractivity contribution in [2.24, 2.45) is 0 Å². The summed E-state index contributed by atoms with van der Waals surface area (Å²) in [6.07, 6.45) is 2.82. The molecule has 1 N–H and O–H groups in total. The van der Waals surface area contributed by atoms with Crippen LogP contribution in [-0.4, -0.2) is 26.6 Å². The minimum absolute atomic E-state index is 0.0410. The van der Waals surface area contributed by atoms with E-state index in [2.05, 4.69) is 5.10 Å². The summed E-state index contributed by atoms with van der Waals surface area (Å²) in [6.45, 7) is 1.48. The standard InChI is InChI=1S/C13H11Cl2N3O3/c1-8(13(20)21)17-6-16-18(7-17)5-12(19)10-3-2-9(14)4-11(10)15/h2-4,6-8H,5H2,1H3/p+1/t8-/m0/s1. The molecule has 8 heteroatoms. The Morgan fingerprint density at radius 1 is 1.43 bits per heavy atom. The number of carbonyl (C=O) groups excluding carboxylic acids is 1. The molecule has 0 saturated heterocycles. The van der Waals surface area contributed by atoms with E-state index in [0.717, 1.165) is 0 Å². The number of ketones is 1. The Balaban J connectivity index is 2.15. The first-order valence-corrected chi connectivity index (χ1v) is 6.78. The van der Waals surface area contributed by atoms with Crippen LogP contribution in [0.15, 0.2) is 30.9 Å². The maximum atomic E-state index is 12.1. The topological polar surface area (TPSA) is 76.1 Å². The summed E-state index contributed by atoms with van der Waals surface area (Å²) in [5, 5.41) is 13.6. The van der Waals surface area contributed by atoms with Crippen LogP contribution in [0.4, 0.5) is 0 Å². The van der Waals surface area contributed by atoms with Gasteiger partial charge in [0.2, 0.25) is 12.1 Å². The highest BCUT2D eigenvalue weighted by molar-refractivity contribution is 6.36. The lowest BCUT2D eigenvalue weighted by atomic mass is 10.1. The number of aliphatic carboxylic acids is 1. The third-order valence-corrected chi connectivity index (χ3v) is 3.49. The molecule has 0 aliphatic heterocycles. The van der Waals surface area contributed by atoms with Gasteiger partial charge in [-0.25, -0.2) is 9.36 Å². The molecule has 0 saturated carbocycles. The first-order valence-electron chi connectivity index (χ1n) is 6.02. The number of nitrogens with zero attached hydrogens (tertiary/aromatic N) is 3. The summed E-state index contributed by atoms with van der Waals surface area (Å²) in [7, 11) is 0. The lowest BCUT2D eigenvalue weighted by molar-refractivity contribution is -0.708. The molecular formula is C13H12Cl2N3O3+. The van der Waals surface area contributed by atoms with Crippen LogP contribution >= 0.6 is 23.2 Å². The molecule has 6 nitrogen and oxygen atoms in total. The van der Waals surface area contributed by atoms with Crippen molar-refractivity contribution >= 4 is 35.0 Å². The number of aromatic nitrogens is 3. The van der Waals surface area contributed by atoms with Crippen molar-refractivity contribution in [1.82, 2.24) is 9.78 Å². The fraction of sp³-hybridized carbons (Fsp3) is 0.231. The van der Waals surface area contributed by atoms with Gasteiger partial charge in [-0.1, -0.05) is 23.2 Å². The van der Waals surface area contributed by atoms with E-state index in [0.29, 0.717) is 10.6 Å². The molecule has 0 radical (unpaired) electrons. The third kappa shape index (κ3) is 3.59. The fourth-order valence-electron chi connectivity index (χ4n) is 1.70. The second-order valence-corrected chi connectivity index (χ2v) is 5.30. The van der Waals surface area contributed by atoms with E-state index in [1.807, 2.05) is 0 Å². The lowest BCUT2D eigenvalue weighted by Crippen LogP contribution is -2.40. The highest BCUT2D eigenvalue weighted by Gasteiger charge is 2.21. The van der Waals surface area contributed by atoms with E-state index in [4.69, 9.17) is 28.3 Å². The van der Waals surface area contributed by atoms with E-state index in [9.17, 15) is 9.59 Å². The summed E-state index contributed by atoms with van der Waals surface area (Å²) < 4.78 is 2.76. The molecule has 1 atom stereocenters. The van der Waals surface area contributed by atoms with E-state index < -0.39 is 12.0 Å². The van der Waals surface area contributed by atoms with Crippen molar-refractivity contribution in [2.45, 2.75) is 19.5 Å². The Kier molecular flexibility index (Phi) is 4.59. The highest BCUT2D eigenvalue weighted by Crippen LogP contribution is 2.21. The van der Waals surface area contributed by atoms with Gasteiger partial charge in [-0.2, -0.15) is 0 Å². The predicted molar refractivity (Wildman–Crippen MR) is 75.6 cm³/mol. The zero-order valence-corrected chi connectivity index (χ0v) is 12.5. The zero-order valence-electron chi connectivity index (χ0n) is 11.0. The van der Waals surface area contributed by atoms with Gasteiger partial charge in [-0.05, 0) is 25.1 Å². The zero-order chi connectivity index (χ0) is 15.6. The van der Waals surface area contributed by atoms with E-state index in [1.54, 1.807) is 12.1 Å². The third-order valence-electron chi connectivity index (χ3n) is 2.94. The van der Waals surface area contributed by atoms with Crippen molar-refractivity contribution in [1.29, 1.82) is 0 Å². The first-order chi connectivity index (χ1) is 9.88. The van der Waals surface area contributed by atoms with E-state index in [1.165, 1.54) is 34.9 Å². The number of rotatable bonds is 5. The second-order valence-electron chi connectivity index (χ2n) is 4.45. The lowest BCUT2D eigenvalue weighted by Gasteiger charge is -2.02. The summed E-state index contributed by atoms with van der Waals surface area (Å²) in [5.74, 6) is -1.22. The Labute approximate surface area is 130 Å². The van der Waals surface area contributed by atoms with Gasteiger partial charge in [0, 0.05) is 15.7 Å². The van der Waals surface area contributed by atoms with Gasteiger partial charge in [0.1, 0.15) is 0 Å². The summed E-state index contributed by atoms with van der Waals surface area (Å²) >= 11 is 11.7. The van der Waals surface area contributed by atoms with Crippen LogP contribution in [0.3, 0.4) is 0 Å². The Bertz CT molecular complexity index is 700. The number of Topliss-reactive ketones (excluding diaryl/α,β-unsaturated/α-hetero) is 1. The van der Waals surface area contributed by atoms with Crippen LogP contribution in [0.2, 0.25) is 10.0 Å². The Morgan fingerprint density at radius 3 is 2.76 bits per heavy atom. The number of hydrogen-bond donors (Lipinski definition) is 1. The minimum atomic E-state index is -0.980. The number of hydrogen-bond acceptors (Lipinski definition) is 3. The maximum Gasteiger partial charge on any atom is 0.341 e. The van der Waals surface area contributed by atoms with Crippen LogP contribution < -0.4 is 4.57 Å². The maximum absolute atomic E-state index is 12.1. The van der Waals surface area contributed by atoms with Crippen LogP contribution in [-0.2, 0) is 11.3 Å². The van der Waals surface area contributed by atoms with Gasteiger partial charge in [0.25, 0.3) is 6.33 Å². The molecule has 0 fully saturated rings. The number of benzene rings is 1. The van der Waals surface area contributed by atoms with Crippen molar-refractivity contribution in [3.05, 3.63) is 46.5 Å². The molecule has 0 bridgehead atoms. The highest BCUT2D eigenvalue weighted by atomic mass is 35.5. The van der Waals surface area contributed by atoms with Gasteiger partial charge in [-0.3, -0.25) is 4.79 Å². The normalized spacial score (nSPS) is 12.1. The van der Waals surface area contributed by atoms with Gasteiger partial charge in [0.15, 0.2) is 12.6 Å². The Hall–Kier alpha value is -1.92. The smallest absolute Gasteiger partial charge is 0.341 e. The molecule has 0 spiro atoms. The average Bonchev–Trinajstić information content (AvgIpc) is 2.85. The second kappa shape index (κ2) is 6.24. The number of carbonyl (C=O) groups is 2. The molecule has 2 rings (SSSR count). The van der Waals surface area contributed by atoms with Gasteiger partial charge >= 0.3 is 5.97 Å². The number of carboxylic acids is 1. The molecule has 110 valence electrons. The van der Waals surface area contributed by atoms with Crippen molar-refractivity contribution in [3.8, 4) is 0 Å². The first kappa shape index (κ1) is 15.5. The monoisotopic (exact) mass is 328 g/mol. The molecule has 2 aromatic rings. The van der Waals surface area contributed by atoms with Crippen molar-refractivity contribution in [2.75, 3.05) is 0 Å². The fourth-order valence-corrected chi connectivity index (χ4v) is 2.21. The van der Waals surface area contributed by atoms with Crippen LogP contribution in [0, 0.1) is 0 Å². The minimum Gasteiger partial charge on any atom is -0.479 e. The largest absolute Gasteiger partial charge is 0.479 e. The van der Waals surface area contributed by atoms with Crippen LogP contribution in [0.5, 0.6) is 0 Å². The molecule has 1 aromatic heterocycles. The number of halogens is 2. The summed E-state index contributed by atoms with van der Waals surface area (Å²) in [6, 6.07) is 3.86.